The van der Waals surface area contributed by atoms with Crippen molar-refractivity contribution < 1.29 is 14.7 Å². The molecule has 0 bridgehead atoms. The highest BCUT2D eigenvalue weighted by Crippen LogP contribution is 2.34. The maximum absolute atomic E-state index is 12.2. The maximum atomic E-state index is 12.2. The fourth-order valence-electron chi connectivity index (χ4n) is 2.74. The Labute approximate surface area is 129 Å². The molecule has 1 aromatic rings. The van der Waals surface area contributed by atoms with Gasteiger partial charge in [-0.2, -0.15) is 0 Å². The van der Waals surface area contributed by atoms with Gasteiger partial charge in [0.15, 0.2) is 0 Å². The van der Waals surface area contributed by atoms with E-state index in [-0.39, 0.29) is 12.1 Å². The van der Waals surface area contributed by atoms with E-state index < -0.39 is 11.4 Å². The van der Waals surface area contributed by atoms with Gasteiger partial charge in [-0.3, -0.25) is 4.79 Å². The van der Waals surface area contributed by atoms with Crippen LogP contribution in [-0.4, -0.2) is 41.1 Å². The van der Waals surface area contributed by atoms with E-state index in [0.717, 1.165) is 6.42 Å². The van der Waals surface area contributed by atoms with Crippen molar-refractivity contribution in [3.05, 3.63) is 22.4 Å². The van der Waals surface area contributed by atoms with E-state index in [4.69, 9.17) is 0 Å². The Morgan fingerprint density at radius 2 is 2.33 bits per heavy atom. The van der Waals surface area contributed by atoms with Crippen LogP contribution in [0, 0.1) is 5.41 Å². The molecule has 2 unspecified atom stereocenters. The normalized spacial score (nSPS) is 23.0. The lowest BCUT2D eigenvalue weighted by atomic mass is 9.84. The average Bonchev–Trinajstić information content (AvgIpc) is 3.07. The van der Waals surface area contributed by atoms with Crippen LogP contribution in [0.3, 0.4) is 0 Å². The maximum Gasteiger partial charge on any atom is 0.317 e. The van der Waals surface area contributed by atoms with Gasteiger partial charge in [-0.05, 0) is 31.2 Å². The molecule has 0 aliphatic carbocycles. The van der Waals surface area contributed by atoms with Crippen molar-refractivity contribution in [1.29, 1.82) is 0 Å². The van der Waals surface area contributed by atoms with E-state index in [0.29, 0.717) is 25.9 Å². The molecule has 2 amide bonds. The SMILES string of the molecule is CCC1(C(=O)O)CCN(C(=O)NC(C)Cc2cccs2)C1. The Hall–Kier alpha value is -1.56. The van der Waals surface area contributed by atoms with E-state index in [9.17, 15) is 14.7 Å². The molecule has 1 saturated heterocycles. The van der Waals surface area contributed by atoms with E-state index in [1.54, 1.807) is 16.2 Å². The first-order valence-electron chi connectivity index (χ1n) is 7.28. The number of likely N-dealkylation sites (tertiary alicyclic amines) is 1. The summed E-state index contributed by atoms with van der Waals surface area (Å²) in [7, 11) is 0. The number of nitrogens with zero attached hydrogens (tertiary/aromatic N) is 1. The molecule has 21 heavy (non-hydrogen) atoms. The molecule has 1 aromatic heterocycles. The first-order valence-corrected chi connectivity index (χ1v) is 8.16. The third-order valence-corrected chi connectivity index (χ3v) is 5.13. The summed E-state index contributed by atoms with van der Waals surface area (Å²) in [6.45, 7) is 4.65. The van der Waals surface area contributed by atoms with Crippen molar-refractivity contribution in [2.45, 2.75) is 39.2 Å². The van der Waals surface area contributed by atoms with Gasteiger partial charge in [0.25, 0.3) is 0 Å². The van der Waals surface area contributed by atoms with Gasteiger partial charge in [-0.25, -0.2) is 4.79 Å². The predicted octanol–water partition coefficient (Wildman–Crippen LogP) is 2.58. The number of hydrogen-bond donors (Lipinski definition) is 2. The molecule has 2 atom stereocenters. The number of carbonyl (C=O) groups excluding carboxylic acids is 1. The zero-order valence-corrected chi connectivity index (χ0v) is 13.3. The molecule has 5 nitrogen and oxygen atoms in total. The lowest BCUT2D eigenvalue weighted by Gasteiger charge is -2.24. The van der Waals surface area contributed by atoms with Crippen molar-refractivity contribution in [2.75, 3.05) is 13.1 Å². The van der Waals surface area contributed by atoms with Crippen molar-refractivity contribution in [3.63, 3.8) is 0 Å². The second kappa shape index (κ2) is 6.47. The van der Waals surface area contributed by atoms with Crippen molar-refractivity contribution in [1.82, 2.24) is 10.2 Å². The van der Waals surface area contributed by atoms with Gasteiger partial charge in [0.1, 0.15) is 0 Å². The minimum absolute atomic E-state index is 0.0394. The average molecular weight is 310 g/mol. The summed E-state index contributed by atoms with van der Waals surface area (Å²) in [4.78, 5) is 26.5. The van der Waals surface area contributed by atoms with Crippen LogP contribution in [0.2, 0.25) is 0 Å². The van der Waals surface area contributed by atoms with Crippen LogP contribution in [0.1, 0.15) is 31.6 Å². The Balaban J connectivity index is 1.88. The summed E-state index contributed by atoms with van der Waals surface area (Å²) < 4.78 is 0. The van der Waals surface area contributed by atoms with E-state index in [1.807, 2.05) is 25.3 Å². The van der Waals surface area contributed by atoms with E-state index >= 15 is 0 Å². The van der Waals surface area contributed by atoms with Gasteiger partial charge in [-0.1, -0.05) is 13.0 Å². The number of amides is 2. The summed E-state index contributed by atoms with van der Waals surface area (Å²) in [5.41, 5.74) is -0.770. The number of aliphatic carboxylic acids is 1. The molecule has 1 fully saturated rings. The quantitative estimate of drug-likeness (QED) is 0.878. The summed E-state index contributed by atoms with van der Waals surface area (Å²) in [6.07, 6.45) is 1.89. The second-order valence-electron chi connectivity index (χ2n) is 5.74. The zero-order chi connectivity index (χ0) is 15.5. The number of rotatable bonds is 5. The van der Waals surface area contributed by atoms with Crippen LogP contribution in [0.25, 0.3) is 0 Å². The fourth-order valence-corrected chi connectivity index (χ4v) is 3.58. The number of carboxylic acids is 1. The number of carbonyl (C=O) groups is 2. The fraction of sp³-hybridized carbons (Fsp3) is 0.600. The molecule has 2 heterocycles. The van der Waals surface area contributed by atoms with Crippen molar-refractivity contribution in [3.8, 4) is 0 Å². The molecule has 2 N–H and O–H groups in total. The molecule has 1 aliphatic heterocycles. The van der Waals surface area contributed by atoms with Gasteiger partial charge in [0.05, 0.1) is 5.41 Å². The van der Waals surface area contributed by atoms with Crippen LogP contribution in [0.5, 0.6) is 0 Å². The standard InChI is InChI=1S/C15H22N2O3S/c1-3-15(13(18)19)6-7-17(10-15)14(20)16-11(2)9-12-5-4-8-21-12/h4-5,8,11H,3,6-7,9-10H2,1-2H3,(H,16,20)(H,18,19). The Bertz CT molecular complexity index is 503. The first kappa shape index (κ1) is 15.8. The van der Waals surface area contributed by atoms with Crippen molar-refractivity contribution >= 4 is 23.3 Å². The summed E-state index contributed by atoms with van der Waals surface area (Å²) in [5, 5.41) is 14.3. The zero-order valence-electron chi connectivity index (χ0n) is 12.5. The summed E-state index contributed by atoms with van der Waals surface area (Å²) in [6, 6.07) is 3.93. The van der Waals surface area contributed by atoms with Gasteiger partial charge >= 0.3 is 12.0 Å². The van der Waals surface area contributed by atoms with Crippen LogP contribution in [0.4, 0.5) is 4.79 Å². The number of thiophene rings is 1. The van der Waals surface area contributed by atoms with Crippen LogP contribution < -0.4 is 5.32 Å². The molecule has 0 radical (unpaired) electrons. The molecule has 0 saturated carbocycles. The second-order valence-corrected chi connectivity index (χ2v) is 6.78. The number of nitrogens with one attached hydrogen (secondary N) is 1. The molecular weight excluding hydrogens is 288 g/mol. The van der Waals surface area contributed by atoms with E-state index in [2.05, 4.69) is 11.4 Å². The van der Waals surface area contributed by atoms with Crippen LogP contribution in [-0.2, 0) is 11.2 Å². The van der Waals surface area contributed by atoms with Crippen LogP contribution >= 0.6 is 11.3 Å². The monoisotopic (exact) mass is 310 g/mol. The predicted molar refractivity (Wildman–Crippen MR) is 82.6 cm³/mol. The highest BCUT2D eigenvalue weighted by atomic mass is 32.1. The number of urea groups is 1. The number of carboxylic acid groups (broad SMARTS) is 1. The molecule has 0 spiro atoms. The molecule has 116 valence electrons. The smallest absolute Gasteiger partial charge is 0.317 e. The van der Waals surface area contributed by atoms with Crippen LogP contribution in [0.15, 0.2) is 17.5 Å². The minimum atomic E-state index is -0.799. The third kappa shape index (κ3) is 3.56. The van der Waals surface area contributed by atoms with Gasteiger partial charge < -0.3 is 15.3 Å². The topological polar surface area (TPSA) is 69.6 Å². The largest absolute Gasteiger partial charge is 0.481 e. The Morgan fingerprint density at radius 3 is 2.86 bits per heavy atom. The van der Waals surface area contributed by atoms with Gasteiger partial charge in [0.2, 0.25) is 0 Å². The highest BCUT2D eigenvalue weighted by Gasteiger charge is 2.44. The minimum Gasteiger partial charge on any atom is -0.481 e. The van der Waals surface area contributed by atoms with Crippen molar-refractivity contribution in [2.24, 2.45) is 5.41 Å². The molecular formula is C15H22N2O3S. The summed E-state index contributed by atoms with van der Waals surface area (Å²) >= 11 is 1.68. The molecule has 1 aliphatic rings. The highest BCUT2D eigenvalue weighted by molar-refractivity contribution is 7.09. The summed E-state index contributed by atoms with van der Waals surface area (Å²) in [5.74, 6) is -0.799. The molecule has 2 rings (SSSR count). The van der Waals surface area contributed by atoms with Gasteiger partial charge in [-0.15, -0.1) is 11.3 Å². The first-order chi connectivity index (χ1) is 9.97. The molecule has 0 aromatic carbocycles. The third-order valence-electron chi connectivity index (χ3n) is 4.23. The Morgan fingerprint density at radius 1 is 1.57 bits per heavy atom. The Kier molecular flexibility index (Phi) is 4.88. The van der Waals surface area contributed by atoms with Gasteiger partial charge in [0, 0.05) is 30.4 Å². The molecule has 6 heteroatoms. The van der Waals surface area contributed by atoms with E-state index in [1.165, 1.54) is 4.88 Å². The number of hydrogen-bond acceptors (Lipinski definition) is 3. The lowest BCUT2D eigenvalue weighted by Crippen LogP contribution is -2.45. The lowest BCUT2D eigenvalue weighted by molar-refractivity contribution is -0.148.